The second-order valence-electron chi connectivity index (χ2n) is 6.09. The summed E-state index contributed by atoms with van der Waals surface area (Å²) in [6.45, 7) is 0.973. The van der Waals surface area contributed by atoms with E-state index in [9.17, 15) is 4.79 Å². The number of carbonyl (C=O) groups excluding carboxylic acids is 1. The molecule has 0 aliphatic carbocycles. The Kier molecular flexibility index (Phi) is 5.27. The van der Waals surface area contributed by atoms with Crippen molar-refractivity contribution in [3.8, 4) is 0 Å². The molecule has 28 heavy (non-hydrogen) atoms. The zero-order valence-electron chi connectivity index (χ0n) is 14.5. The van der Waals surface area contributed by atoms with Crippen molar-refractivity contribution in [3.05, 3.63) is 82.1 Å². The van der Waals surface area contributed by atoms with Crippen molar-refractivity contribution in [2.75, 3.05) is 5.32 Å². The molecule has 3 aromatic heterocycles. The van der Waals surface area contributed by atoms with Crippen molar-refractivity contribution >= 4 is 39.1 Å². The Morgan fingerprint density at radius 2 is 1.96 bits per heavy atom. The van der Waals surface area contributed by atoms with Gasteiger partial charge in [-0.25, -0.2) is 4.68 Å². The predicted octanol–water partition coefficient (Wildman–Crippen LogP) is 3.50. The maximum atomic E-state index is 12.4. The number of hydrogen-bond acceptors (Lipinski definition) is 4. The molecule has 3 heterocycles. The molecule has 0 fully saturated rings. The third kappa shape index (κ3) is 4.49. The number of amides is 1. The van der Waals surface area contributed by atoms with Crippen LogP contribution in [0.15, 0.2) is 65.8 Å². The van der Waals surface area contributed by atoms with Crippen molar-refractivity contribution in [2.45, 2.75) is 13.2 Å². The summed E-state index contributed by atoms with van der Waals surface area (Å²) in [5.41, 5.74) is 1.93. The van der Waals surface area contributed by atoms with Crippen LogP contribution in [0.3, 0.4) is 0 Å². The van der Waals surface area contributed by atoms with Crippen LogP contribution in [0.2, 0.25) is 5.02 Å². The molecule has 0 unspecified atom stereocenters. The monoisotopic (exact) mass is 459 g/mol. The number of halogens is 2. The largest absolute Gasteiger partial charge is 0.318 e. The van der Waals surface area contributed by atoms with Crippen LogP contribution in [-0.2, 0) is 13.2 Å². The van der Waals surface area contributed by atoms with E-state index in [-0.39, 0.29) is 5.91 Å². The summed E-state index contributed by atoms with van der Waals surface area (Å²) < 4.78 is 5.96. The van der Waals surface area contributed by atoms with Gasteiger partial charge in [0, 0.05) is 23.6 Å². The first-order chi connectivity index (χ1) is 13.5. The highest BCUT2D eigenvalue weighted by Crippen LogP contribution is 2.13. The SMILES string of the molecule is O=C(Nc1cnn(Cc2cccc(Cl)c2)c1)c1ccn(Cn2cc(Br)cn2)n1. The summed E-state index contributed by atoms with van der Waals surface area (Å²) in [4.78, 5) is 12.4. The number of nitrogens with zero attached hydrogens (tertiary/aromatic N) is 6. The molecule has 10 heteroatoms. The van der Waals surface area contributed by atoms with Crippen molar-refractivity contribution in [1.29, 1.82) is 0 Å². The third-order valence-electron chi connectivity index (χ3n) is 3.89. The van der Waals surface area contributed by atoms with Gasteiger partial charge in [-0.1, -0.05) is 23.7 Å². The van der Waals surface area contributed by atoms with E-state index < -0.39 is 0 Å². The molecular formula is C18H15BrClN7O. The number of nitrogens with one attached hydrogen (secondary N) is 1. The molecule has 0 aliphatic heterocycles. The molecule has 0 spiro atoms. The second-order valence-corrected chi connectivity index (χ2v) is 7.44. The van der Waals surface area contributed by atoms with Gasteiger partial charge >= 0.3 is 0 Å². The van der Waals surface area contributed by atoms with E-state index in [1.165, 1.54) is 0 Å². The minimum absolute atomic E-state index is 0.303. The molecule has 1 N–H and O–H groups in total. The van der Waals surface area contributed by atoms with E-state index in [0.29, 0.717) is 29.6 Å². The number of carbonyl (C=O) groups is 1. The Hall–Kier alpha value is -2.91. The quantitative estimate of drug-likeness (QED) is 0.477. The van der Waals surface area contributed by atoms with E-state index in [0.717, 1.165) is 10.0 Å². The lowest BCUT2D eigenvalue weighted by atomic mass is 10.2. The Balaban J connectivity index is 1.38. The highest BCUT2D eigenvalue weighted by Gasteiger charge is 2.11. The Morgan fingerprint density at radius 1 is 1.11 bits per heavy atom. The van der Waals surface area contributed by atoms with Gasteiger partial charge in [0.05, 0.1) is 29.1 Å². The summed E-state index contributed by atoms with van der Waals surface area (Å²) in [7, 11) is 0. The Labute approximate surface area is 173 Å². The fraction of sp³-hybridized carbons (Fsp3) is 0.111. The van der Waals surface area contributed by atoms with Crippen LogP contribution >= 0.6 is 27.5 Å². The minimum Gasteiger partial charge on any atom is -0.318 e. The van der Waals surface area contributed by atoms with Crippen LogP contribution in [0.1, 0.15) is 16.1 Å². The molecular weight excluding hydrogens is 446 g/mol. The molecule has 0 aliphatic rings. The average Bonchev–Trinajstić information content (AvgIpc) is 3.38. The van der Waals surface area contributed by atoms with Crippen molar-refractivity contribution in [3.63, 3.8) is 0 Å². The standard InChI is InChI=1S/C18H15BrClN7O/c19-14-7-21-27(10-14)12-25-5-4-17(24-25)18(28)23-16-8-22-26(11-16)9-13-2-1-3-15(20)6-13/h1-8,10-11H,9,12H2,(H,23,28). The maximum Gasteiger partial charge on any atom is 0.276 e. The molecule has 142 valence electrons. The first kappa shape index (κ1) is 18.5. The minimum atomic E-state index is -0.303. The summed E-state index contributed by atoms with van der Waals surface area (Å²) in [6, 6.07) is 9.22. The van der Waals surface area contributed by atoms with E-state index in [2.05, 4.69) is 36.5 Å². The van der Waals surface area contributed by atoms with Crippen molar-refractivity contribution in [1.82, 2.24) is 29.3 Å². The zero-order chi connectivity index (χ0) is 19.5. The summed E-state index contributed by atoms with van der Waals surface area (Å²) in [6.07, 6.45) is 8.61. The van der Waals surface area contributed by atoms with Crippen LogP contribution in [0.5, 0.6) is 0 Å². The number of rotatable bonds is 6. The summed E-state index contributed by atoms with van der Waals surface area (Å²) in [5, 5.41) is 16.2. The summed E-state index contributed by atoms with van der Waals surface area (Å²) in [5.74, 6) is -0.303. The number of aromatic nitrogens is 6. The zero-order valence-corrected chi connectivity index (χ0v) is 16.9. The van der Waals surface area contributed by atoms with Crippen LogP contribution in [-0.4, -0.2) is 35.2 Å². The lowest BCUT2D eigenvalue weighted by molar-refractivity contribution is 0.102. The second kappa shape index (κ2) is 7.99. The highest BCUT2D eigenvalue weighted by atomic mass is 79.9. The van der Waals surface area contributed by atoms with Gasteiger partial charge in [0.2, 0.25) is 0 Å². The Morgan fingerprint density at radius 3 is 2.75 bits per heavy atom. The first-order valence-electron chi connectivity index (χ1n) is 8.35. The highest BCUT2D eigenvalue weighted by molar-refractivity contribution is 9.10. The lowest BCUT2D eigenvalue weighted by Crippen LogP contribution is -2.14. The topological polar surface area (TPSA) is 82.6 Å². The van der Waals surface area contributed by atoms with Crippen LogP contribution in [0.25, 0.3) is 0 Å². The molecule has 0 bridgehead atoms. The number of benzene rings is 1. The van der Waals surface area contributed by atoms with Gasteiger partial charge in [0.15, 0.2) is 5.69 Å². The van der Waals surface area contributed by atoms with Crippen LogP contribution < -0.4 is 5.32 Å². The van der Waals surface area contributed by atoms with Gasteiger partial charge in [-0.05, 0) is 39.7 Å². The fourth-order valence-corrected chi connectivity index (χ4v) is 3.20. The first-order valence-corrected chi connectivity index (χ1v) is 9.52. The van der Waals surface area contributed by atoms with Crippen LogP contribution in [0.4, 0.5) is 5.69 Å². The number of hydrogen-bond donors (Lipinski definition) is 1. The van der Waals surface area contributed by atoms with E-state index in [1.54, 1.807) is 44.9 Å². The predicted molar refractivity (Wildman–Crippen MR) is 108 cm³/mol. The van der Waals surface area contributed by atoms with E-state index >= 15 is 0 Å². The molecule has 8 nitrogen and oxygen atoms in total. The summed E-state index contributed by atoms with van der Waals surface area (Å²) >= 11 is 9.35. The van der Waals surface area contributed by atoms with Gasteiger partial charge in [-0.3, -0.25) is 14.2 Å². The van der Waals surface area contributed by atoms with Gasteiger partial charge < -0.3 is 5.32 Å². The molecule has 1 aromatic carbocycles. The molecule has 0 saturated heterocycles. The van der Waals surface area contributed by atoms with Crippen LogP contribution in [0, 0.1) is 0 Å². The average molecular weight is 461 g/mol. The lowest BCUT2D eigenvalue weighted by Gasteiger charge is -2.03. The molecule has 0 radical (unpaired) electrons. The van der Waals surface area contributed by atoms with Crippen molar-refractivity contribution in [2.24, 2.45) is 0 Å². The van der Waals surface area contributed by atoms with Gasteiger partial charge in [-0.15, -0.1) is 0 Å². The van der Waals surface area contributed by atoms with E-state index in [4.69, 9.17) is 11.6 Å². The van der Waals surface area contributed by atoms with E-state index in [1.807, 2.05) is 30.5 Å². The fourth-order valence-electron chi connectivity index (χ4n) is 2.66. The normalized spacial score (nSPS) is 10.9. The molecule has 1 amide bonds. The molecule has 0 atom stereocenters. The molecule has 4 aromatic rings. The van der Waals surface area contributed by atoms with Gasteiger partial charge in [-0.2, -0.15) is 15.3 Å². The third-order valence-corrected chi connectivity index (χ3v) is 4.53. The van der Waals surface area contributed by atoms with Gasteiger partial charge in [0.25, 0.3) is 5.91 Å². The Bertz CT molecular complexity index is 1120. The molecule has 0 saturated carbocycles. The maximum absolute atomic E-state index is 12.4. The van der Waals surface area contributed by atoms with Gasteiger partial charge in [0.1, 0.15) is 6.67 Å². The van der Waals surface area contributed by atoms with Crippen molar-refractivity contribution < 1.29 is 4.79 Å². The smallest absolute Gasteiger partial charge is 0.276 e. The number of anilines is 1. The molecule has 4 rings (SSSR count).